The van der Waals surface area contributed by atoms with Gasteiger partial charge in [0.1, 0.15) is 17.2 Å². The van der Waals surface area contributed by atoms with E-state index in [9.17, 15) is 9.90 Å². The number of nitrogens with zero attached hydrogens (tertiary/aromatic N) is 2. The molecule has 0 saturated carbocycles. The summed E-state index contributed by atoms with van der Waals surface area (Å²) in [6.45, 7) is 1.80. The zero-order valence-corrected chi connectivity index (χ0v) is 13.4. The highest BCUT2D eigenvalue weighted by Crippen LogP contribution is 2.30. The van der Waals surface area contributed by atoms with Gasteiger partial charge in [0, 0.05) is 18.0 Å². The lowest BCUT2D eigenvalue weighted by Crippen LogP contribution is -2.17. The molecule has 1 heterocycles. The van der Waals surface area contributed by atoms with Crippen molar-refractivity contribution in [3.8, 4) is 17.2 Å². The number of aryl methyl sites for hydroxylation is 1. The fourth-order valence-corrected chi connectivity index (χ4v) is 2.34. The molecular weight excluding hydrogens is 306 g/mol. The minimum atomic E-state index is -0.199. The number of nitrogens with one attached hydrogen (secondary N) is 1. The number of benzene rings is 2. The SMILES string of the molecule is COc1ccc(N=Cc2c(C)[nH]n(-c3ccccc3)c2=O)c(O)c1. The third-order valence-electron chi connectivity index (χ3n) is 3.65. The quantitative estimate of drug-likeness (QED) is 0.725. The minimum absolute atomic E-state index is 0.0119. The highest BCUT2D eigenvalue weighted by molar-refractivity contribution is 5.83. The lowest BCUT2D eigenvalue weighted by Gasteiger charge is -2.02. The summed E-state index contributed by atoms with van der Waals surface area (Å²) < 4.78 is 6.50. The fraction of sp³-hybridized carbons (Fsp3) is 0.111. The van der Waals surface area contributed by atoms with E-state index >= 15 is 0 Å². The van der Waals surface area contributed by atoms with Gasteiger partial charge in [0.05, 0.1) is 18.4 Å². The number of aliphatic imine (C=N–C) groups is 1. The van der Waals surface area contributed by atoms with Gasteiger partial charge in [-0.2, -0.15) is 0 Å². The van der Waals surface area contributed by atoms with Gasteiger partial charge in [0.2, 0.25) is 0 Å². The summed E-state index contributed by atoms with van der Waals surface area (Å²) in [6, 6.07) is 14.1. The summed E-state index contributed by atoms with van der Waals surface area (Å²) in [5, 5.41) is 13.0. The zero-order chi connectivity index (χ0) is 17.1. The number of phenolic OH excluding ortho intramolecular Hbond substituents is 1. The number of aromatic nitrogens is 2. The molecule has 0 saturated heterocycles. The molecule has 24 heavy (non-hydrogen) atoms. The van der Waals surface area contributed by atoms with Crippen molar-refractivity contribution in [1.29, 1.82) is 0 Å². The van der Waals surface area contributed by atoms with Crippen molar-refractivity contribution in [2.45, 2.75) is 6.92 Å². The molecule has 0 atom stereocenters. The van der Waals surface area contributed by atoms with E-state index in [0.29, 0.717) is 22.7 Å². The summed E-state index contributed by atoms with van der Waals surface area (Å²) in [5.74, 6) is 0.526. The van der Waals surface area contributed by atoms with Gasteiger partial charge in [-0.05, 0) is 31.2 Å². The first-order valence-electron chi connectivity index (χ1n) is 7.38. The van der Waals surface area contributed by atoms with E-state index in [1.807, 2.05) is 30.3 Å². The second kappa shape index (κ2) is 6.45. The molecule has 0 aliphatic carbocycles. The van der Waals surface area contributed by atoms with E-state index in [-0.39, 0.29) is 11.3 Å². The number of para-hydroxylation sites is 1. The van der Waals surface area contributed by atoms with Gasteiger partial charge >= 0.3 is 0 Å². The van der Waals surface area contributed by atoms with Gasteiger partial charge in [0.25, 0.3) is 5.56 Å². The highest BCUT2D eigenvalue weighted by Gasteiger charge is 2.10. The van der Waals surface area contributed by atoms with Crippen LogP contribution in [-0.4, -0.2) is 28.2 Å². The first-order chi connectivity index (χ1) is 11.6. The first kappa shape index (κ1) is 15.6. The van der Waals surface area contributed by atoms with Gasteiger partial charge in [-0.3, -0.25) is 14.9 Å². The van der Waals surface area contributed by atoms with E-state index < -0.39 is 0 Å². The Kier molecular flexibility index (Phi) is 4.20. The Hall–Kier alpha value is -3.28. The number of aromatic amines is 1. The number of aromatic hydroxyl groups is 1. The van der Waals surface area contributed by atoms with E-state index in [2.05, 4.69) is 10.1 Å². The lowest BCUT2D eigenvalue weighted by molar-refractivity contribution is 0.408. The first-order valence-corrected chi connectivity index (χ1v) is 7.38. The van der Waals surface area contributed by atoms with E-state index in [1.165, 1.54) is 24.1 Å². The van der Waals surface area contributed by atoms with Crippen molar-refractivity contribution >= 4 is 11.9 Å². The van der Waals surface area contributed by atoms with E-state index in [1.54, 1.807) is 19.1 Å². The highest BCUT2D eigenvalue weighted by atomic mass is 16.5. The smallest absolute Gasteiger partial charge is 0.280 e. The van der Waals surface area contributed by atoms with Gasteiger partial charge in [-0.1, -0.05) is 18.2 Å². The van der Waals surface area contributed by atoms with E-state index in [0.717, 1.165) is 5.69 Å². The number of H-pyrrole nitrogens is 1. The molecule has 1 aromatic heterocycles. The molecule has 0 unspecified atom stereocenters. The number of rotatable bonds is 4. The van der Waals surface area contributed by atoms with Crippen molar-refractivity contribution < 1.29 is 9.84 Å². The maximum absolute atomic E-state index is 12.6. The Morgan fingerprint density at radius 2 is 1.96 bits per heavy atom. The average molecular weight is 323 g/mol. The van der Waals surface area contributed by atoms with Crippen LogP contribution in [0.3, 0.4) is 0 Å². The molecule has 3 aromatic rings. The van der Waals surface area contributed by atoms with Gasteiger partial charge in [-0.15, -0.1) is 0 Å². The monoisotopic (exact) mass is 323 g/mol. The molecule has 0 aliphatic heterocycles. The van der Waals surface area contributed by atoms with E-state index in [4.69, 9.17) is 4.74 Å². The zero-order valence-electron chi connectivity index (χ0n) is 13.4. The number of phenols is 1. The molecule has 0 bridgehead atoms. The Morgan fingerprint density at radius 1 is 1.21 bits per heavy atom. The van der Waals surface area contributed by atoms with Crippen LogP contribution in [0.25, 0.3) is 5.69 Å². The molecule has 2 aromatic carbocycles. The van der Waals surface area contributed by atoms with Crippen molar-refractivity contribution in [3.05, 3.63) is 70.1 Å². The number of methoxy groups -OCH3 is 1. The normalized spacial score (nSPS) is 11.1. The Labute approximate surface area is 138 Å². The van der Waals surface area contributed by atoms with Gasteiger partial charge in [-0.25, -0.2) is 4.68 Å². The van der Waals surface area contributed by atoms with Crippen LogP contribution in [0, 0.1) is 6.92 Å². The lowest BCUT2D eigenvalue weighted by atomic mass is 10.2. The molecule has 0 amide bonds. The van der Waals surface area contributed by atoms with Crippen molar-refractivity contribution in [2.24, 2.45) is 4.99 Å². The third kappa shape index (κ3) is 2.94. The standard InChI is InChI=1S/C18H17N3O3/c1-12-15(11-19-16-9-8-14(24-2)10-17(16)22)18(23)21(20-12)13-6-4-3-5-7-13/h3-11,20,22H,1-2H3. The molecule has 0 aliphatic rings. The van der Waals surface area contributed by atoms with Crippen LogP contribution in [0.2, 0.25) is 0 Å². The Balaban J connectivity index is 1.97. The third-order valence-corrected chi connectivity index (χ3v) is 3.65. The van der Waals surface area contributed by atoms with Crippen LogP contribution in [0.4, 0.5) is 5.69 Å². The van der Waals surface area contributed by atoms with Crippen LogP contribution in [0.1, 0.15) is 11.3 Å². The summed E-state index contributed by atoms with van der Waals surface area (Å²) in [7, 11) is 1.52. The second-order valence-corrected chi connectivity index (χ2v) is 5.24. The topological polar surface area (TPSA) is 79.6 Å². The van der Waals surface area contributed by atoms with Crippen molar-refractivity contribution in [3.63, 3.8) is 0 Å². The predicted octanol–water partition coefficient (Wildman–Crippen LogP) is 2.94. The van der Waals surface area contributed by atoms with Crippen LogP contribution in [0.15, 0.2) is 58.3 Å². The Morgan fingerprint density at radius 3 is 2.62 bits per heavy atom. The molecule has 2 N–H and O–H groups in total. The summed E-state index contributed by atoms with van der Waals surface area (Å²) in [4.78, 5) is 16.8. The molecule has 0 fully saturated rings. The summed E-state index contributed by atoms with van der Waals surface area (Å²) in [5.41, 5.74) is 2.05. The minimum Gasteiger partial charge on any atom is -0.506 e. The van der Waals surface area contributed by atoms with Crippen LogP contribution in [-0.2, 0) is 0 Å². The molecule has 122 valence electrons. The molecule has 3 rings (SSSR count). The maximum Gasteiger partial charge on any atom is 0.280 e. The maximum atomic E-state index is 12.6. The summed E-state index contributed by atoms with van der Waals surface area (Å²) in [6.07, 6.45) is 1.45. The number of ether oxygens (including phenoxy) is 1. The molecular formula is C18H17N3O3. The van der Waals surface area contributed by atoms with Gasteiger partial charge < -0.3 is 9.84 Å². The average Bonchev–Trinajstić information content (AvgIpc) is 2.89. The van der Waals surface area contributed by atoms with Crippen LogP contribution in [0.5, 0.6) is 11.5 Å². The van der Waals surface area contributed by atoms with Crippen LogP contribution >= 0.6 is 0 Å². The molecule has 6 heteroatoms. The molecule has 0 radical (unpaired) electrons. The van der Waals surface area contributed by atoms with Crippen molar-refractivity contribution in [1.82, 2.24) is 9.78 Å². The molecule has 6 nitrogen and oxygen atoms in total. The van der Waals surface area contributed by atoms with Crippen LogP contribution < -0.4 is 10.3 Å². The second-order valence-electron chi connectivity index (χ2n) is 5.24. The summed E-state index contributed by atoms with van der Waals surface area (Å²) >= 11 is 0. The fourth-order valence-electron chi connectivity index (χ4n) is 2.34. The largest absolute Gasteiger partial charge is 0.506 e. The molecule has 0 spiro atoms. The number of hydrogen-bond donors (Lipinski definition) is 2. The van der Waals surface area contributed by atoms with Crippen molar-refractivity contribution in [2.75, 3.05) is 7.11 Å². The van der Waals surface area contributed by atoms with Gasteiger partial charge in [0.15, 0.2) is 0 Å². The predicted molar refractivity (Wildman–Crippen MR) is 93.0 cm³/mol. The Bertz CT molecular complexity index is 940. The number of hydrogen-bond acceptors (Lipinski definition) is 4.